The fourth-order valence-corrected chi connectivity index (χ4v) is 3.62. The van der Waals surface area contributed by atoms with Crippen molar-refractivity contribution in [3.63, 3.8) is 0 Å². The van der Waals surface area contributed by atoms with Gasteiger partial charge in [0.2, 0.25) is 0 Å². The minimum Gasteiger partial charge on any atom is -0.304 e. The van der Waals surface area contributed by atoms with E-state index in [2.05, 4.69) is 62.9 Å². The number of halogens is 1. The van der Waals surface area contributed by atoms with Gasteiger partial charge in [0.05, 0.1) is 11.6 Å². The zero-order chi connectivity index (χ0) is 15.7. The number of aromatic nitrogens is 3. The number of benzene rings is 1. The van der Waals surface area contributed by atoms with Gasteiger partial charge in [-0.05, 0) is 38.1 Å². The summed E-state index contributed by atoms with van der Waals surface area (Å²) in [6.07, 6.45) is 1.01. The molecule has 5 nitrogen and oxygen atoms in total. The molecule has 1 atom stereocenters. The van der Waals surface area contributed by atoms with E-state index in [1.54, 1.807) is 0 Å². The van der Waals surface area contributed by atoms with Crippen LogP contribution in [0.2, 0.25) is 0 Å². The lowest BCUT2D eigenvalue weighted by molar-refractivity contribution is 0.104. The molecule has 1 aliphatic heterocycles. The number of piperazine rings is 1. The highest BCUT2D eigenvalue weighted by molar-refractivity contribution is 9.10. The standard InChI is InChI=1S/C16H22BrN5/c1-4-14(22-7-5-21(3)6-8-22)16-18-15-11(2)9-12(17)10-13(15)19-20-16/h9-10,14H,4-8H2,1-3H3. The van der Waals surface area contributed by atoms with Crippen molar-refractivity contribution in [3.05, 3.63) is 28.0 Å². The second-order valence-corrected chi connectivity index (χ2v) is 6.94. The molecule has 118 valence electrons. The van der Waals surface area contributed by atoms with Crippen molar-refractivity contribution in [3.8, 4) is 0 Å². The molecule has 0 N–H and O–H groups in total. The Morgan fingerprint density at radius 3 is 2.59 bits per heavy atom. The van der Waals surface area contributed by atoms with Crippen molar-refractivity contribution in [2.45, 2.75) is 26.3 Å². The summed E-state index contributed by atoms with van der Waals surface area (Å²) in [5.74, 6) is 0.852. The Hall–Kier alpha value is -1.11. The SMILES string of the molecule is CCC(c1nnc2cc(Br)cc(C)c2n1)N1CCN(C)CC1. The van der Waals surface area contributed by atoms with Gasteiger partial charge in [-0.25, -0.2) is 4.98 Å². The molecule has 1 fully saturated rings. The molecule has 1 aliphatic rings. The molecule has 1 aromatic heterocycles. The van der Waals surface area contributed by atoms with Crippen LogP contribution >= 0.6 is 15.9 Å². The minimum absolute atomic E-state index is 0.258. The summed E-state index contributed by atoms with van der Waals surface area (Å²) in [6, 6.07) is 4.31. The Balaban J connectivity index is 1.93. The lowest BCUT2D eigenvalue weighted by Crippen LogP contribution is -2.46. The zero-order valence-electron chi connectivity index (χ0n) is 13.4. The van der Waals surface area contributed by atoms with Crippen molar-refractivity contribution in [1.29, 1.82) is 0 Å². The molecule has 3 rings (SSSR count). The monoisotopic (exact) mass is 363 g/mol. The maximum Gasteiger partial charge on any atom is 0.168 e. The van der Waals surface area contributed by atoms with Gasteiger partial charge in [0, 0.05) is 30.7 Å². The molecule has 22 heavy (non-hydrogen) atoms. The van der Waals surface area contributed by atoms with Crippen LogP contribution in [0.4, 0.5) is 0 Å². The third kappa shape index (κ3) is 3.14. The van der Waals surface area contributed by atoms with Crippen molar-refractivity contribution in [2.75, 3.05) is 33.2 Å². The first-order valence-electron chi connectivity index (χ1n) is 7.81. The second-order valence-electron chi connectivity index (χ2n) is 6.02. The molecule has 0 spiro atoms. The predicted molar refractivity (Wildman–Crippen MR) is 91.9 cm³/mol. The summed E-state index contributed by atoms with van der Waals surface area (Å²) in [4.78, 5) is 9.68. The summed E-state index contributed by atoms with van der Waals surface area (Å²) in [5, 5.41) is 8.82. The third-order valence-corrected chi connectivity index (χ3v) is 4.85. The Kier molecular flexibility index (Phi) is 4.70. The fraction of sp³-hybridized carbons (Fsp3) is 0.562. The lowest BCUT2D eigenvalue weighted by Gasteiger charge is -2.36. The van der Waals surface area contributed by atoms with Crippen LogP contribution in [0.1, 0.15) is 30.8 Å². The number of aryl methyl sites for hydroxylation is 1. The van der Waals surface area contributed by atoms with Crippen LogP contribution in [0.15, 0.2) is 16.6 Å². The molecule has 1 unspecified atom stereocenters. The Morgan fingerprint density at radius 1 is 1.18 bits per heavy atom. The maximum atomic E-state index is 4.83. The van der Waals surface area contributed by atoms with E-state index in [0.29, 0.717) is 0 Å². The normalized spacial score (nSPS) is 18.7. The quantitative estimate of drug-likeness (QED) is 0.838. The highest BCUT2D eigenvalue weighted by Crippen LogP contribution is 2.25. The Bertz CT molecular complexity index is 667. The van der Waals surface area contributed by atoms with E-state index >= 15 is 0 Å². The largest absolute Gasteiger partial charge is 0.304 e. The Morgan fingerprint density at radius 2 is 1.91 bits per heavy atom. The van der Waals surface area contributed by atoms with E-state index in [-0.39, 0.29) is 6.04 Å². The first-order valence-corrected chi connectivity index (χ1v) is 8.61. The number of hydrogen-bond donors (Lipinski definition) is 0. The van der Waals surface area contributed by atoms with Crippen LogP contribution in [0.25, 0.3) is 11.0 Å². The van der Waals surface area contributed by atoms with Crippen molar-refractivity contribution >= 4 is 27.0 Å². The van der Waals surface area contributed by atoms with Crippen LogP contribution in [-0.2, 0) is 0 Å². The van der Waals surface area contributed by atoms with Crippen LogP contribution in [0, 0.1) is 6.92 Å². The van der Waals surface area contributed by atoms with Gasteiger partial charge < -0.3 is 4.90 Å². The van der Waals surface area contributed by atoms with Gasteiger partial charge in [-0.2, -0.15) is 0 Å². The fourth-order valence-electron chi connectivity index (χ4n) is 3.06. The molecule has 0 aliphatic carbocycles. The number of fused-ring (bicyclic) bond motifs is 1. The van der Waals surface area contributed by atoms with Crippen molar-refractivity contribution in [1.82, 2.24) is 25.0 Å². The maximum absolute atomic E-state index is 4.83. The van der Waals surface area contributed by atoms with Gasteiger partial charge in [-0.15, -0.1) is 10.2 Å². The third-order valence-electron chi connectivity index (χ3n) is 4.40. The molecule has 0 amide bonds. The first-order chi connectivity index (χ1) is 10.6. The van der Waals surface area contributed by atoms with Gasteiger partial charge >= 0.3 is 0 Å². The lowest BCUT2D eigenvalue weighted by atomic mass is 10.1. The molecule has 6 heteroatoms. The van der Waals surface area contributed by atoms with Gasteiger partial charge in [-0.1, -0.05) is 22.9 Å². The molecular formula is C16H22BrN5. The highest BCUT2D eigenvalue weighted by atomic mass is 79.9. The van der Waals surface area contributed by atoms with Crippen LogP contribution in [-0.4, -0.2) is 58.2 Å². The van der Waals surface area contributed by atoms with E-state index in [4.69, 9.17) is 4.98 Å². The summed E-state index contributed by atoms with van der Waals surface area (Å²) in [5.41, 5.74) is 2.94. The first kappa shape index (κ1) is 15.8. The van der Waals surface area contributed by atoms with E-state index in [9.17, 15) is 0 Å². The highest BCUT2D eigenvalue weighted by Gasteiger charge is 2.25. The van der Waals surface area contributed by atoms with Crippen molar-refractivity contribution < 1.29 is 0 Å². The van der Waals surface area contributed by atoms with Gasteiger partial charge in [-0.3, -0.25) is 4.90 Å². The molecule has 2 heterocycles. The predicted octanol–water partition coefficient (Wildman–Crippen LogP) is 2.79. The molecule has 0 radical (unpaired) electrons. The number of rotatable bonds is 3. The van der Waals surface area contributed by atoms with Crippen molar-refractivity contribution in [2.24, 2.45) is 0 Å². The summed E-state index contributed by atoms with van der Waals surface area (Å²) in [7, 11) is 2.17. The summed E-state index contributed by atoms with van der Waals surface area (Å²) in [6.45, 7) is 8.60. The number of nitrogens with zero attached hydrogens (tertiary/aromatic N) is 5. The van der Waals surface area contributed by atoms with E-state index in [1.807, 2.05) is 6.07 Å². The van der Waals surface area contributed by atoms with Crippen LogP contribution in [0.3, 0.4) is 0 Å². The number of likely N-dealkylation sites (N-methyl/N-ethyl adjacent to an activating group) is 1. The average molecular weight is 364 g/mol. The Labute approximate surface area is 139 Å². The molecule has 0 saturated carbocycles. The summed E-state index contributed by atoms with van der Waals surface area (Å²) >= 11 is 3.50. The zero-order valence-corrected chi connectivity index (χ0v) is 15.0. The number of hydrogen-bond acceptors (Lipinski definition) is 5. The van der Waals surface area contributed by atoms with Gasteiger partial charge in [0.25, 0.3) is 0 Å². The molecule has 1 saturated heterocycles. The average Bonchev–Trinajstić information content (AvgIpc) is 2.50. The van der Waals surface area contributed by atoms with E-state index in [1.165, 1.54) is 0 Å². The molecule has 2 aromatic rings. The minimum atomic E-state index is 0.258. The van der Waals surface area contributed by atoms with E-state index in [0.717, 1.165) is 59.5 Å². The van der Waals surface area contributed by atoms with Gasteiger partial charge in [0.1, 0.15) is 5.52 Å². The molecule has 0 bridgehead atoms. The topological polar surface area (TPSA) is 45.2 Å². The second kappa shape index (κ2) is 6.56. The summed E-state index contributed by atoms with van der Waals surface area (Å²) < 4.78 is 1.02. The smallest absolute Gasteiger partial charge is 0.168 e. The van der Waals surface area contributed by atoms with Crippen LogP contribution < -0.4 is 0 Å². The van der Waals surface area contributed by atoms with E-state index < -0.39 is 0 Å². The van der Waals surface area contributed by atoms with Gasteiger partial charge in [0.15, 0.2) is 5.82 Å². The van der Waals surface area contributed by atoms with Crippen LogP contribution in [0.5, 0.6) is 0 Å². The molecular weight excluding hydrogens is 342 g/mol. The molecule has 1 aromatic carbocycles.